The van der Waals surface area contributed by atoms with Crippen LogP contribution in [0.3, 0.4) is 0 Å². The van der Waals surface area contributed by atoms with Crippen molar-refractivity contribution >= 4 is 7.26 Å². The summed E-state index contributed by atoms with van der Waals surface area (Å²) in [5.41, 5.74) is 4.87. The topological polar surface area (TPSA) is 30.0 Å². The van der Waals surface area contributed by atoms with E-state index < -0.39 is 7.26 Å². The molecule has 0 amide bonds. The van der Waals surface area contributed by atoms with Gasteiger partial charge in [-0.1, -0.05) is 25.7 Å². The predicted octanol–water partition coefficient (Wildman–Crippen LogP) is 8.16. The summed E-state index contributed by atoms with van der Waals surface area (Å²) in [7, 11) is -0.798. The molecule has 4 rings (SSSR count). The highest BCUT2D eigenvalue weighted by atomic mass is 31.2. The molecule has 0 atom stereocenters. The van der Waals surface area contributed by atoms with Crippen LogP contribution in [-0.2, 0) is 0 Å². The Bertz CT molecular complexity index is 308. The minimum Gasteiger partial charge on any atom is -0.870 e. The molecule has 0 heterocycles. The van der Waals surface area contributed by atoms with Crippen molar-refractivity contribution in [2.24, 2.45) is 0 Å². The molecule has 4 aliphatic rings. The fourth-order valence-corrected chi connectivity index (χ4v) is 16.5. The summed E-state index contributed by atoms with van der Waals surface area (Å²) in [6, 6.07) is 0. The molecule has 0 bridgehead atoms. The maximum absolute atomic E-state index is 1.65. The highest BCUT2D eigenvalue weighted by molar-refractivity contribution is 7.78. The zero-order chi connectivity index (χ0) is 17.0. The first-order chi connectivity index (χ1) is 12.4. The van der Waals surface area contributed by atoms with Gasteiger partial charge in [-0.25, -0.2) is 0 Å². The average Bonchev–Trinajstić information content (AvgIpc) is 2.72. The summed E-state index contributed by atoms with van der Waals surface area (Å²) in [6.07, 6.45) is 32.1. The lowest BCUT2D eigenvalue weighted by molar-refractivity contribution is 0.426. The van der Waals surface area contributed by atoms with Gasteiger partial charge in [-0.2, -0.15) is 0 Å². The van der Waals surface area contributed by atoms with Crippen molar-refractivity contribution in [1.82, 2.24) is 0 Å². The molecule has 1 N–H and O–H groups in total. The van der Waals surface area contributed by atoms with Crippen LogP contribution in [0.1, 0.15) is 128 Å². The van der Waals surface area contributed by atoms with Crippen molar-refractivity contribution in [1.29, 1.82) is 0 Å². The van der Waals surface area contributed by atoms with Crippen molar-refractivity contribution in [3.05, 3.63) is 0 Å². The lowest BCUT2D eigenvalue weighted by Gasteiger charge is -2.53. The van der Waals surface area contributed by atoms with E-state index in [4.69, 9.17) is 0 Å². The fourth-order valence-electron chi connectivity index (χ4n) is 7.90. The molecular formula is C24H45OP. The van der Waals surface area contributed by atoms with E-state index in [1.165, 1.54) is 22.6 Å². The smallest absolute Gasteiger partial charge is 0.0705 e. The van der Waals surface area contributed by atoms with Gasteiger partial charge in [0.15, 0.2) is 0 Å². The third kappa shape index (κ3) is 4.20. The van der Waals surface area contributed by atoms with Gasteiger partial charge in [0.25, 0.3) is 0 Å². The summed E-state index contributed by atoms with van der Waals surface area (Å²) >= 11 is 0. The molecule has 4 aliphatic carbocycles. The van der Waals surface area contributed by atoms with Crippen molar-refractivity contribution in [2.75, 3.05) is 0 Å². The molecule has 2 heteroatoms. The van der Waals surface area contributed by atoms with E-state index in [2.05, 4.69) is 0 Å². The largest absolute Gasteiger partial charge is 0.870 e. The Hall–Kier alpha value is 0.390. The second kappa shape index (κ2) is 10.2. The van der Waals surface area contributed by atoms with E-state index >= 15 is 0 Å². The number of rotatable bonds is 4. The van der Waals surface area contributed by atoms with Crippen LogP contribution in [0.15, 0.2) is 0 Å². The molecule has 0 aromatic heterocycles. The van der Waals surface area contributed by atoms with Crippen LogP contribution in [-0.4, -0.2) is 28.1 Å². The molecular weight excluding hydrogens is 335 g/mol. The van der Waals surface area contributed by atoms with Crippen molar-refractivity contribution in [3.63, 3.8) is 0 Å². The molecule has 152 valence electrons. The van der Waals surface area contributed by atoms with E-state index in [9.17, 15) is 0 Å². The highest BCUT2D eigenvalue weighted by Gasteiger charge is 2.61. The monoisotopic (exact) mass is 380 g/mol. The first-order valence-electron chi connectivity index (χ1n) is 12.3. The normalized spacial score (nSPS) is 28.6. The predicted molar refractivity (Wildman–Crippen MR) is 116 cm³/mol. The van der Waals surface area contributed by atoms with Crippen molar-refractivity contribution in [2.45, 2.75) is 151 Å². The van der Waals surface area contributed by atoms with E-state index in [1.54, 1.807) is 128 Å². The average molecular weight is 381 g/mol. The van der Waals surface area contributed by atoms with Crippen molar-refractivity contribution in [3.8, 4) is 0 Å². The SMILES string of the molecule is C1CCC([P+](C2CCCCC2)(C2CCCCC2)C2CCCCC2)CC1.[OH-]. The van der Waals surface area contributed by atoms with Gasteiger partial charge in [-0.15, -0.1) is 0 Å². The molecule has 26 heavy (non-hydrogen) atoms. The molecule has 4 fully saturated rings. The Labute approximate surface area is 164 Å². The molecule has 0 saturated heterocycles. The molecule has 0 unspecified atom stereocenters. The molecule has 0 aliphatic heterocycles. The van der Waals surface area contributed by atoms with Crippen LogP contribution in [0.5, 0.6) is 0 Å². The van der Waals surface area contributed by atoms with Crippen LogP contribution < -0.4 is 0 Å². The quantitative estimate of drug-likeness (QED) is 0.452. The van der Waals surface area contributed by atoms with Gasteiger partial charge in [0, 0.05) is 7.26 Å². The third-order valence-electron chi connectivity index (χ3n) is 8.83. The standard InChI is InChI=1S/C24H44P.H2O/c1-5-13-21(14-6-1)25(22-15-7-2-8-16-22,23-17-9-3-10-18-23)24-19-11-4-12-20-24;/h21-24H,1-20H2;1H2/q+1;/p-1. The number of hydrogen-bond acceptors (Lipinski definition) is 1. The Kier molecular flexibility index (Phi) is 8.32. The third-order valence-corrected chi connectivity index (χ3v) is 16.0. The van der Waals surface area contributed by atoms with Gasteiger partial charge in [0.1, 0.15) is 0 Å². The van der Waals surface area contributed by atoms with Crippen LogP contribution in [0.2, 0.25) is 0 Å². The molecule has 0 aromatic rings. The van der Waals surface area contributed by atoms with Gasteiger partial charge >= 0.3 is 0 Å². The first-order valence-corrected chi connectivity index (χ1v) is 14.4. The minimum absolute atomic E-state index is 0. The van der Waals surface area contributed by atoms with Crippen LogP contribution in [0, 0.1) is 0 Å². The molecule has 1 nitrogen and oxygen atoms in total. The van der Waals surface area contributed by atoms with Gasteiger partial charge in [-0.3, -0.25) is 0 Å². The second-order valence-electron chi connectivity index (χ2n) is 10.1. The van der Waals surface area contributed by atoms with Crippen molar-refractivity contribution < 1.29 is 5.48 Å². The maximum atomic E-state index is 1.65. The van der Waals surface area contributed by atoms with Gasteiger partial charge in [0.2, 0.25) is 0 Å². The minimum atomic E-state index is -0.798. The molecule has 0 aromatic carbocycles. The lowest BCUT2D eigenvalue weighted by Crippen LogP contribution is -2.42. The van der Waals surface area contributed by atoms with E-state index in [0.717, 1.165) is 0 Å². The van der Waals surface area contributed by atoms with Gasteiger partial charge in [-0.05, 0) is 103 Å². The molecule has 0 spiro atoms. The first kappa shape index (κ1) is 21.1. The highest BCUT2D eigenvalue weighted by Crippen LogP contribution is 2.81. The molecule has 0 radical (unpaired) electrons. The zero-order valence-corrected chi connectivity index (χ0v) is 18.2. The van der Waals surface area contributed by atoms with E-state index in [0.29, 0.717) is 0 Å². The summed E-state index contributed by atoms with van der Waals surface area (Å²) in [4.78, 5) is 0. The van der Waals surface area contributed by atoms with Crippen LogP contribution >= 0.6 is 7.26 Å². The van der Waals surface area contributed by atoms with Crippen LogP contribution in [0.25, 0.3) is 0 Å². The fraction of sp³-hybridized carbons (Fsp3) is 1.00. The number of hydrogen-bond donors (Lipinski definition) is 0. The second-order valence-corrected chi connectivity index (χ2v) is 14.8. The van der Waals surface area contributed by atoms with Gasteiger partial charge in [0.05, 0.1) is 22.6 Å². The summed E-state index contributed by atoms with van der Waals surface area (Å²) < 4.78 is 0. The maximum Gasteiger partial charge on any atom is 0.0705 e. The summed E-state index contributed by atoms with van der Waals surface area (Å²) in [5.74, 6) is 0. The Morgan fingerprint density at radius 2 is 0.500 bits per heavy atom. The Morgan fingerprint density at radius 3 is 0.692 bits per heavy atom. The summed E-state index contributed by atoms with van der Waals surface area (Å²) in [5, 5.41) is 0. The van der Waals surface area contributed by atoms with E-state index in [1.807, 2.05) is 0 Å². The van der Waals surface area contributed by atoms with Gasteiger partial charge < -0.3 is 5.48 Å². The zero-order valence-electron chi connectivity index (χ0n) is 17.3. The lowest BCUT2D eigenvalue weighted by atomic mass is 9.98. The Balaban J connectivity index is 0.00000196. The summed E-state index contributed by atoms with van der Waals surface area (Å²) in [6.45, 7) is 0. The van der Waals surface area contributed by atoms with Crippen LogP contribution in [0.4, 0.5) is 0 Å². The molecule has 4 saturated carbocycles. The Morgan fingerprint density at radius 1 is 0.308 bits per heavy atom. The van der Waals surface area contributed by atoms with E-state index in [-0.39, 0.29) is 5.48 Å².